The van der Waals surface area contributed by atoms with E-state index in [9.17, 15) is 10.2 Å². The number of epoxide rings is 2. The Morgan fingerprint density at radius 2 is 0.812 bits per heavy atom. The smallest absolute Gasteiger partial charge is 0.870 e. The van der Waals surface area contributed by atoms with E-state index in [4.69, 9.17) is 52.5 Å². The molecule has 2 aromatic carbocycles. The molecule has 0 amide bonds. The molecule has 64 heavy (non-hydrogen) atoms. The average molecular weight is 939 g/mol. The number of benzene rings is 2. The maximum absolute atomic E-state index is 10.9. The van der Waals surface area contributed by atoms with Crippen LogP contribution < -0.4 is 51.4 Å². The first-order valence-corrected chi connectivity index (χ1v) is 22.5. The van der Waals surface area contributed by atoms with Crippen LogP contribution in [0.15, 0.2) is 48.5 Å². The van der Waals surface area contributed by atoms with Crippen LogP contribution in [-0.4, -0.2) is 146 Å². The van der Waals surface area contributed by atoms with Gasteiger partial charge < -0.3 is 68.2 Å². The molecular weight excluding hydrogens is 852 g/mol. The van der Waals surface area contributed by atoms with Crippen LogP contribution >= 0.6 is 0 Å². The van der Waals surface area contributed by atoms with Crippen molar-refractivity contribution < 1.29 is 120 Å². The summed E-state index contributed by atoms with van der Waals surface area (Å²) in [5.74, 6) is 0. The van der Waals surface area contributed by atoms with Crippen molar-refractivity contribution in [1.82, 2.24) is 0 Å². The van der Waals surface area contributed by atoms with Crippen LogP contribution in [-0.2, 0) is 69.8 Å². The number of rotatable bonds is 34. The van der Waals surface area contributed by atoms with Crippen LogP contribution in [0.25, 0.3) is 0 Å². The van der Waals surface area contributed by atoms with E-state index in [0.717, 1.165) is 71.6 Å². The summed E-state index contributed by atoms with van der Waals surface area (Å²) >= 11 is 0. The molecule has 15 heteroatoms. The number of aliphatic hydroxyl groups is 3. The Morgan fingerprint density at radius 3 is 1.12 bits per heavy atom. The van der Waals surface area contributed by atoms with Crippen molar-refractivity contribution >= 4 is 0 Å². The SMILES string of the molecule is C.CC1(c2cccc(C3(C)CO3)c2)CO1.CCCCOCCOCCO.CCCCOCCOCCOCC(C)(O)c1cccc(C(C)(O)COCCOCCOCCCC)c1.[K+].[OH-]. The van der Waals surface area contributed by atoms with Crippen LogP contribution in [0.2, 0.25) is 0 Å². The maximum atomic E-state index is 10.9. The summed E-state index contributed by atoms with van der Waals surface area (Å²) in [6, 6.07) is 15.8. The van der Waals surface area contributed by atoms with Crippen molar-refractivity contribution in [3.63, 3.8) is 0 Å². The Hall–Kier alpha value is -0.484. The molecule has 0 spiro atoms. The van der Waals surface area contributed by atoms with Crippen LogP contribution in [0.3, 0.4) is 0 Å². The van der Waals surface area contributed by atoms with Gasteiger partial charge in [0.15, 0.2) is 0 Å². The van der Waals surface area contributed by atoms with Crippen LogP contribution in [0, 0.1) is 0 Å². The topological polar surface area (TPSA) is 190 Å². The molecule has 4 unspecified atom stereocenters. The number of hydrogen-bond donors (Lipinski definition) is 3. The van der Waals surface area contributed by atoms with Crippen LogP contribution in [0.5, 0.6) is 0 Å². The molecule has 2 saturated heterocycles. The summed E-state index contributed by atoms with van der Waals surface area (Å²) in [5, 5.41) is 30.2. The van der Waals surface area contributed by atoms with Crippen molar-refractivity contribution in [1.29, 1.82) is 0 Å². The minimum Gasteiger partial charge on any atom is -0.870 e. The van der Waals surface area contributed by atoms with Gasteiger partial charge in [0.05, 0.1) is 106 Å². The van der Waals surface area contributed by atoms with Gasteiger partial charge in [0.2, 0.25) is 0 Å². The molecule has 2 aliphatic heterocycles. The first-order valence-electron chi connectivity index (χ1n) is 22.5. The van der Waals surface area contributed by atoms with Crippen molar-refractivity contribution in [2.24, 2.45) is 0 Å². The second-order valence-corrected chi connectivity index (χ2v) is 16.3. The first kappa shape index (κ1) is 65.6. The third-order valence-corrected chi connectivity index (χ3v) is 10.1. The van der Waals surface area contributed by atoms with Gasteiger partial charge >= 0.3 is 51.4 Å². The van der Waals surface area contributed by atoms with Gasteiger partial charge in [-0.2, -0.15) is 0 Å². The van der Waals surface area contributed by atoms with Gasteiger partial charge in [-0.05, 0) is 81.3 Å². The van der Waals surface area contributed by atoms with Crippen molar-refractivity contribution in [2.75, 3.05) is 126 Å². The molecule has 0 aliphatic carbocycles. The predicted octanol–water partition coefficient (Wildman–Crippen LogP) is 4.25. The van der Waals surface area contributed by atoms with Crippen molar-refractivity contribution in [3.05, 3.63) is 70.8 Å². The van der Waals surface area contributed by atoms with E-state index < -0.39 is 11.2 Å². The van der Waals surface area contributed by atoms with E-state index in [0.29, 0.717) is 83.8 Å². The Labute approximate surface area is 429 Å². The zero-order valence-electron chi connectivity index (χ0n) is 40.2. The minimum absolute atomic E-state index is 0. The summed E-state index contributed by atoms with van der Waals surface area (Å²) in [7, 11) is 0. The first-order chi connectivity index (χ1) is 29.4. The molecule has 0 radical (unpaired) electrons. The molecule has 368 valence electrons. The number of aliphatic hydroxyl groups excluding tert-OH is 1. The number of ether oxygens (including phenoxy) is 10. The molecule has 0 bridgehead atoms. The van der Waals surface area contributed by atoms with E-state index in [1.807, 2.05) is 18.2 Å². The summed E-state index contributed by atoms with van der Waals surface area (Å²) < 4.78 is 54.2. The Morgan fingerprint density at radius 1 is 0.516 bits per heavy atom. The van der Waals surface area contributed by atoms with Crippen molar-refractivity contribution in [2.45, 2.75) is 117 Å². The molecule has 0 aromatic heterocycles. The molecule has 2 heterocycles. The van der Waals surface area contributed by atoms with E-state index in [1.165, 1.54) is 11.1 Å². The van der Waals surface area contributed by atoms with Gasteiger partial charge in [-0.3, -0.25) is 0 Å². The van der Waals surface area contributed by atoms with Gasteiger partial charge in [-0.15, -0.1) is 0 Å². The monoisotopic (exact) mass is 939 g/mol. The standard InChI is InChI=1S/C28H50O8.C12H14O2.C8H18O3.CH4.K.H2O/c1-5-7-12-31-14-16-33-18-20-35-23-27(3,29)25-10-9-11-26(22-25)28(4,30)24-36-21-19-34-17-15-32-13-8-6-2;1-11(7-13-11)9-4-3-5-10(6-9)12(2)8-14-12;1-2-3-5-10-7-8-11-6-4-9;;;/h9-11,22,29-30H,5-8,12-21,23-24H2,1-4H3;3-6H,7-8H2,1-2H3;9H,2-8H2,1H3;1H4;;1H2/q;;;;+1;/p-1. The largest absolute Gasteiger partial charge is 1.00 e. The fourth-order valence-electron chi connectivity index (χ4n) is 5.63. The Bertz CT molecular complexity index is 1280. The minimum atomic E-state index is -1.21. The third-order valence-electron chi connectivity index (χ3n) is 10.1. The second-order valence-electron chi connectivity index (χ2n) is 16.3. The van der Waals surface area contributed by atoms with E-state index in [2.05, 4.69) is 58.9 Å². The van der Waals surface area contributed by atoms with E-state index in [1.54, 1.807) is 19.9 Å². The fourth-order valence-corrected chi connectivity index (χ4v) is 5.63. The van der Waals surface area contributed by atoms with Gasteiger partial charge in [0, 0.05) is 19.8 Å². The molecule has 2 aromatic rings. The summed E-state index contributed by atoms with van der Waals surface area (Å²) in [6.07, 6.45) is 6.64. The fraction of sp³-hybridized carbons (Fsp3) is 0.755. The molecule has 2 aliphatic rings. The second kappa shape index (κ2) is 38.4. The van der Waals surface area contributed by atoms with Crippen LogP contribution in [0.1, 0.15) is 117 Å². The van der Waals surface area contributed by atoms with Crippen molar-refractivity contribution in [3.8, 4) is 0 Å². The Kier molecular flexibility index (Phi) is 39.3. The zero-order valence-corrected chi connectivity index (χ0v) is 43.3. The summed E-state index contributed by atoms with van der Waals surface area (Å²) in [5.41, 5.74) is 1.40. The third kappa shape index (κ3) is 29.4. The van der Waals surface area contributed by atoms with Gasteiger partial charge in [0.25, 0.3) is 0 Å². The Balaban J connectivity index is 0. The molecule has 14 nitrogen and oxygen atoms in total. The maximum Gasteiger partial charge on any atom is 1.00 e. The van der Waals surface area contributed by atoms with Crippen LogP contribution in [0.4, 0.5) is 0 Å². The quantitative estimate of drug-likeness (QED) is 0.0513. The molecule has 4 N–H and O–H groups in total. The van der Waals surface area contributed by atoms with E-state index in [-0.39, 0.29) is 95.3 Å². The normalized spacial score (nSPS) is 18.9. The number of hydrogen-bond acceptors (Lipinski definition) is 14. The molecule has 4 rings (SSSR count). The summed E-state index contributed by atoms with van der Waals surface area (Å²) in [6.45, 7) is 23.9. The zero-order chi connectivity index (χ0) is 44.7. The predicted molar refractivity (Wildman–Crippen MR) is 246 cm³/mol. The van der Waals surface area contributed by atoms with E-state index >= 15 is 0 Å². The van der Waals surface area contributed by atoms with Gasteiger partial charge in [-0.1, -0.05) is 83.9 Å². The van der Waals surface area contributed by atoms with Gasteiger partial charge in [0.1, 0.15) is 22.4 Å². The number of unbranched alkanes of at least 4 members (excludes halogenated alkanes) is 3. The molecule has 4 atom stereocenters. The molecule has 2 fully saturated rings. The molecular formula is C49H87KO14. The summed E-state index contributed by atoms with van der Waals surface area (Å²) in [4.78, 5) is 0. The molecule has 0 saturated carbocycles. The van der Waals surface area contributed by atoms with Gasteiger partial charge in [-0.25, -0.2) is 0 Å². The average Bonchev–Trinajstić information content (AvgIpc) is 4.20.